The van der Waals surface area contributed by atoms with Crippen LogP contribution in [-0.4, -0.2) is 31.0 Å². The van der Waals surface area contributed by atoms with Crippen LogP contribution in [0.5, 0.6) is 5.75 Å². The van der Waals surface area contributed by atoms with Gasteiger partial charge in [-0.05, 0) is 25.5 Å². The van der Waals surface area contributed by atoms with Crippen molar-refractivity contribution < 1.29 is 9.31 Å². The van der Waals surface area contributed by atoms with Gasteiger partial charge in [-0.3, -0.25) is 0 Å². The maximum absolute atomic E-state index is 5.68. The largest absolute Gasteiger partial charge is 0.493 e. The van der Waals surface area contributed by atoms with Gasteiger partial charge in [0.2, 0.25) is 0 Å². The lowest BCUT2D eigenvalue weighted by molar-refractivity contribution is -0.473. The van der Waals surface area contributed by atoms with E-state index >= 15 is 0 Å². The molecule has 96 valence electrons. The molecule has 3 rings (SSSR count). The van der Waals surface area contributed by atoms with E-state index in [-0.39, 0.29) is 5.41 Å². The van der Waals surface area contributed by atoms with Crippen molar-refractivity contribution in [3.8, 4) is 5.75 Å². The average Bonchev–Trinajstić information content (AvgIpc) is 2.76. The van der Waals surface area contributed by atoms with Crippen LogP contribution < -0.4 is 4.74 Å². The number of benzene rings is 1. The summed E-state index contributed by atoms with van der Waals surface area (Å²) in [6, 6.07) is 6.55. The highest BCUT2D eigenvalue weighted by Crippen LogP contribution is 2.52. The van der Waals surface area contributed by atoms with Gasteiger partial charge in [0.05, 0.1) is 12.0 Å². The molecule has 1 aliphatic heterocycles. The first-order chi connectivity index (χ1) is 8.51. The van der Waals surface area contributed by atoms with E-state index in [1.54, 1.807) is 5.71 Å². The Kier molecular flexibility index (Phi) is 2.51. The summed E-state index contributed by atoms with van der Waals surface area (Å²) in [6.07, 6.45) is 2.27. The van der Waals surface area contributed by atoms with Crippen molar-refractivity contribution in [3.63, 3.8) is 0 Å². The zero-order chi connectivity index (χ0) is 12.9. The van der Waals surface area contributed by atoms with Gasteiger partial charge in [-0.25, -0.2) is 4.58 Å². The van der Waals surface area contributed by atoms with Gasteiger partial charge in [-0.1, -0.05) is 12.1 Å². The van der Waals surface area contributed by atoms with Crippen LogP contribution in [0.3, 0.4) is 0 Å². The number of rotatable bonds is 1. The Morgan fingerprint density at radius 1 is 1.28 bits per heavy atom. The molecule has 1 heterocycles. The summed E-state index contributed by atoms with van der Waals surface area (Å²) in [4.78, 5) is 0. The van der Waals surface area contributed by atoms with Crippen LogP contribution in [0.4, 0.5) is 0 Å². The molecule has 0 bridgehead atoms. The van der Waals surface area contributed by atoms with E-state index in [9.17, 15) is 0 Å². The second-order valence-electron chi connectivity index (χ2n) is 6.24. The number of fused-ring (bicyclic) bond motifs is 1. The molecular weight excluding hydrogens is 222 g/mol. The van der Waals surface area contributed by atoms with E-state index in [4.69, 9.17) is 4.74 Å². The molecule has 2 nitrogen and oxygen atoms in total. The van der Waals surface area contributed by atoms with Gasteiger partial charge in [-0.15, -0.1) is 0 Å². The molecule has 0 radical (unpaired) electrons. The summed E-state index contributed by atoms with van der Waals surface area (Å²) in [5.74, 6) is 1.76. The highest BCUT2D eigenvalue weighted by atomic mass is 16.5. The van der Waals surface area contributed by atoms with Crippen LogP contribution in [0.1, 0.15) is 37.3 Å². The van der Waals surface area contributed by atoms with Crippen LogP contribution in [0.2, 0.25) is 0 Å². The maximum Gasteiger partial charge on any atom is 0.158 e. The lowest BCUT2D eigenvalue weighted by Crippen LogP contribution is -2.47. The van der Waals surface area contributed by atoms with Crippen LogP contribution >= 0.6 is 0 Å². The minimum absolute atomic E-state index is 0.279. The molecule has 1 unspecified atom stereocenters. The molecule has 18 heavy (non-hydrogen) atoms. The number of nitrogens with zero attached hydrogens (tertiary/aromatic N) is 1. The van der Waals surface area contributed by atoms with Crippen molar-refractivity contribution in [2.24, 2.45) is 5.41 Å². The first kappa shape index (κ1) is 11.8. The molecule has 0 N–H and O–H groups in total. The Bertz CT molecular complexity index is 524. The van der Waals surface area contributed by atoms with Gasteiger partial charge in [0.15, 0.2) is 5.71 Å². The van der Waals surface area contributed by atoms with E-state index in [1.807, 2.05) is 0 Å². The third-order valence-electron chi connectivity index (χ3n) is 4.71. The van der Waals surface area contributed by atoms with E-state index in [0.29, 0.717) is 5.92 Å². The second-order valence-corrected chi connectivity index (χ2v) is 6.24. The van der Waals surface area contributed by atoms with E-state index in [0.717, 1.165) is 18.8 Å². The number of hydrogen-bond donors (Lipinski definition) is 0. The monoisotopic (exact) mass is 244 g/mol. The van der Waals surface area contributed by atoms with Crippen molar-refractivity contribution in [2.45, 2.75) is 32.6 Å². The first-order valence-electron chi connectivity index (χ1n) is 6.80. The molecule has 0 amide bonds. The Morgan fingerprint density at radius 2 is 2.06 bits per heavy atom. The Morgan fingerprint density at radius 3 is 2.72 bits per heavy atom. The first-order valence-corrected chi connectivity index (χ1v) is 6.80. The molecule has 2 heteroatoms. The van der Waals surface area contributed by atoms with Crippen LogP contribution in [-0.2, 0) is 6.42 Å². The van der Waals surface area contributed by atoms with E-state index < -0.39 is 0 Å². The van der Waals surface area contributed by atoms with Crippen LogP contribution in [0.25, 0.3) is 0 Å². The zero-order valence-corrected chi connectivity index (χ0v) is 11.8. The Labute approximate surface area is 109 Å². The molecule has 1 fully saturated rings. The lowest BCUT2D eigenvalue weighted by atomic mass is 9.57. The third kappa shape index (κ3) is 1.51. The van der Waals surface area contributed by atoms with E-state index in [2.05, 4.69) is 50.7 Å². The molecule has 1 aliphatic carbocycles. The Balaban J connectivity index is 2.00. The fraction of sp³-hybridized carbons (Fsp3) is 0.562. The van der Waals surface area contributed by atoms with Crippen molar-refractivity contribution in [2.75, 3.05) is 20.7 Å². The number of ether oxygens (including phenoxy) is 1. The molecule has 1 aromatic rings. The lowest BCUT2D eigenvalue weighted by Gasteiger charge is -2.44. The average molecular weight is 244 g/mol. The topological polar surface area (TPSA) is 12.2 Å². The summed E-state index contributed by atoms with van der Waals surface area (Å²) in [6.45, 7) is 5.58. The zero-order valence-electron chi connectivity index (χ0n) is 11.8. The summed E-state index contributed by atoms with van der Waals surface area (Å²) in [5.41, 5.74) is 4.80. The highest BCUT2D eigenvalue weighted by Gasteiger charge is 2.51. The summed E-state index contributed by atoms with van der Waals surface area (Å²) < 4.78 is 7.97. The van der Waals surface area contributed by atoms with Gasteiger partial charge < -0.3 is 4.74 Å². The number of hydrogen-bond acceptors (Lipinski definition) is 1. The normalized spacial score (nSPS) is 24.2. The fourth-order valence-corrected chi connectivity index (χ4v) is 3.61. The molecule has 1 saturated carbocycles. The van der Waals surface area contributed by atoms with Crippen molar-refractivity contribution in [1.82, 2.24) is 0 Å². The molecule has 2 aliphatic rings. The van der Waals surface area contributed by atoms with Gasteiger partial charge in [0.1, 0.15) is 19.8 Å². The molecule has 0 spiro atoms. The summed E-state index contributed by atoms with van der Waals surface area (Å²) in [7, 11) is 4.32. The molecule has 1 aromatic carbocycles. The molecular formula is C16H22NO+. The Hall–Kier alpha value is -1.31. The van der Waals surface area contributed by atoms with Gasteiger partial charge in [-0.2, -0.15) is 0 Å². The van der Waals surface area contributed by atoms with Crippen molar-refractivity contribution in [1.29, 1.82) is 0 Å². The summed E-state index contributed by atoms with van der Waals surface area (Å²) >= 11 is 0. The molecule has 0 aromatic heterocycles. The van der Waals surface area contributed by atoms with E-state index in [1.165, 1.54) is 17.5 Å². The van der Waals surface area contributed by atoms with Crippen LogP contribution in [0, 0.1) is 5.41 Å². The smallest absolute Gasteiger partial charge is 0.158 e. The van der Waals surface area contributed by atoms with Gasteiger partial charge in [0, 0.05) is 24.3 Å². The van der Waals surface area contributed by atoms with Crippen molar-refractivity contribution >= 4 is 5.71 Å². The molecule has 0 saturated heterocycles. The minimum atomic E-state index is 0.279. The van der Waals surface area contributed by atoms with Gasteiger partial charge in [0.25, 0.3) is 0 Å². The van der Waals surface area contributed by atoms with Crippen molar-refractivity contribution in [3.05, 3.63) is 29.3 Å². The summed E-state index contributed by atoms with van der Waals surface area (Å²) in [5, 5.41) is 0. The maximum atomic E-state index is 5.68. The molecule has 1 atom stereocenters. The fourth-order valence-electron chi connectivity index (χ4n) is 3.61. The second kappa shape index (κ2) is 3.84. The SMILES string of the molecule is C[N+](C)=C1CC(c2cccc3c2CCO3)C1(C)C. The quantitative estimate of drug-likeness (QED) is 0.692. The minimum Gasteiger partial charge on any atom is -0.493 e. The third-order valence-corrected chi connectivity index (χ3v) is 4.71. The van der Waals surface area contributed by atoms with Crippen LogP contribution in [0.15, 0.2) is 18.2 Å². The predicted molar refractivity (Wildman–Crippen MR) is 73.9 cm³/mol. The predicted octanol–water partition coefficient (Wildman–Crippen LogP) is 2.85. The highest BCUT2D eigenvalue weighted by molar-refractivity contribution is 5.93. The standard InChI is InChI=1S/C16H22NO/c1-16(2)13(10-15(16)17(3)4)11-6-5-7-14-12(11)8-9-18-14/h5-7,13H,8-10H2,1-4H3/q+1. The van der Waals surface area contributed by atoms with Gasteiger partial charge >= 0.3 is 0 Å².